The van der Waals surface area contributed by atoms with E-state index < -0.39 is 0 Å². The molecule has 0 N–H and O–H groups in total. The molecule has 0 aromatic heterocycles. The van der Waals surface area contributed by atoms with Crippen LogP contribution < -0.4 is 24.8 Å². The molecule has 0 bridgehead atoms. The third-order valence-electron chi connectivity index (χ3n) is 12.0. The Bertz CT molecular complexity index is 2290. The fraction of sp³-hybridized carbons (Fsp3) is 0.328. The van der Waals surface area contributed by atoms with Gasteiger partial charge in [-0.15, -0.1) is 35.2 Å². The van der Waals surface area contributed by atoms with E-state index in [2.05, 4.69) is 201 Å². The van der Waals surface area contributed by atoms with Gasteiger partial charge in [-0.25, -0.2) is 12.2 Å². The average molecular weight is 963 g/mol. The molecule has 0 atom stereocenters. The maximum absolute atomic E-state index is 4.04. The summed E-state index contributed by atoms with van der Waals surface area (Å²) < 4.78 is 1.60. The van der Waals surface area contributed by atoms with E-state index in [4.69, 9.17) is 0 Å². The van der Waals surface area contributed by atoms with E-state index in [1.54, 1.807) is 27.4 Å². The number of unbranched alkanes of at least 4 members (excludes halogenated alkanes) is 2. The predicted octanol–water partition coefficient (Wildman–Crippen LogP) is 10.2. The second kappa shape index (κ2) is 25.2. The molecule has 0 spiro atoms. The van der Waals surface area contributed by atoms with Crippen molar-refractivity contribution in [2.24, 2.45) is 0 Å². The molecular weight excluding hydrogens is 895 g/mol. The van der Waals surface area contributed by atoms with E-state index in [-0.39, 0.29) is 35.6 Å². The summed E-state index contributed by atoms with van der Waals surface area (Å²) in [5.74, 6) is 0. The van der Waals surface area contributed by atoms with Crippen LogP contribution in [0.3, 0.4) is 0 Å². The monoisotopic (exact) mass is 960 g/mol. The summed E-state index contributed by atoms with van der Waals surface area (Å²) in [5, 5.41) is 0. The van der Waals surface area contributed by atoms with Crippen LogP contribution in [0.25, 0.3) is 33.4 Å². The molecule has 64 heavy (non-hydrogen) atoms. The van der Waals surface area contributed by atoms with Crippen LogP contribution in [0.15, 0.2) is 146 Å². The van der Waals surface area contributed by atoms with Gasteiger partial charge < -0.3 is 24.8 Å². The van der Waals surface area contributed by atoms with E-state index in [0.29, 0.717) is 0 Å². The number of hydrogen-bond acceptors (Lipinski definition) is 0. The Morgan fingerprint density at radius 2 is 1.06 bits per heavy atom. The Hall–Kier alpha value is -3.87. The fourth-order valence-electron chi connectivity index (χ4n) is 8.65. The molecule has 332 valence electrons. The average Bonchev–Trinajstić information content (AvgIpc) is 3.97. The molecule has 0 aliphatic heterocycles. The third kappa shape index (κ3) is 14.3. The van der Waals surface area contributed by atoms with Gasteiger partial charge in [-0.1, -0.05) is 158 Å². The molecule has 2 aliphatic carbocycles. The molecule has 0 radical (unpaired) electrons. The van der Waals surface area contributed by atoms with E-state index >= 15 is 0 Å². The van der Waals surface area contributed by atoms with Crippen LogP contribution in [0.2, 0.25) is 0 Å². The number of aryl methyl sites for hydroxylation is 2. The van der Waals surface area contributed by atoms with Crippen LogP contribution in [0.4, 0.5) is 0 Å². The van der Waals surface area contributed by atoms with E-state index in [0.717, 1.165) is 38.5 Å². The van der Waals surface area contributed by atoms with Gasteiger partial charge in [0.2, 0.25) is 0 Å². The first-order valence-corrected chi connectivity index (χ1v) is 24.4. The van der Waals surface area contributed by atoms with Crippen molar-refractivity contribution in [1.29, 1.82) is 0 Å². The molecule has 0 unspecified atom stereocenters. The van der Waals surface area contributed by atoms with Crippen molar-refractivity contribution in [1.82, 2.24) is 0 Å². The van der Waals surface area contributed by atoms with Gasteiger partial charge in [-0.2, -0.15) is 6.08 Å². The van der Waals surface area contributed by atoms with Gasteiger partial charge in [0, 0.05) is 0 Å². The molecule has 3 heteroatoms. The van der Waals surface area contributed by atoms with Crippen molar-refractivity contribution in [3.63, 3.8) is 0 Å². The summed E-state index contributed by atoms with van der Waals surface area (Å²) in [6.07, 6.45) is 20.3. The van der Waals surface area contributed by atoms with Crippen LogP contribution in [0, 0.1) is 12.1 Å². The van der Waals surface area contributed by atoms with Gasteiger partial charge in [0.25, 0.3) is 0 Å². The molecule has 0 saturated carbocycles. The zero-order valence-corrected chi connectivity index (χ0v) is 43.7. The predicted molar refractivity (Wildman–Crippen MR) is 266 cm³/mol. The number of hydrogen-bond donors (Lipinski definition) is 0. The van der Waals surface area contributed by atoms with E-state index in [9.17, 15) is 0 Å². The van der Waals surface area contributed by atoms with Gasteiger partial charge in [-0.05, 0) is 64.3 Å². The molecule has 2 aliphatic rings. The summed E-state index contributed by atoms with van der Waals surface area (Å²) in [5.41, 5.74) is 19.8. The molecular formula is C61H68Cl2Zr-2. The molecule has 8 rings (SSSR count). The Morgan fingerprint density at radius 1 is 0.562 bits per heavy atom. The summed E-state index contributed by atoms with van der Waals surface area (Å²) >= 11 is 1.55. The molecule has 0 heterocycles. The number of halogens is 2. The minimum absolute atomic E-state index is 0. The molecule has 0 nitrogen and oxygen atoms in total. The first-order valence-electron chi connectivity index (χ1n) is 23.2. The van der Waals surface area contributed by atoms with Crippen LogP contribution in [-0.2, 0) is 67.2 Å². The number of rotatable bonds is 12. The van der Waals surface area contributed by atoms with E-state index in [1.165, 1.54) is 104 Å². The topological polar surface area (TPSA) is 0 Å². The Labute approximate surface area is 415 Å². The van der Waals surface area contributed by atoms with Crippen molar-refractivity contribution in [2.45, 2.75) is 130 Å². The molecule has 0 saturated heterocycles. The van der Waals surface area contributed by atoms with Crippen molar-refractivity contribution in [3.8, 4) is 33.4 Å². The second-order valence-electron chi connectivity index (χ2n) is 19.1. The SMILES string of the molecule is CCCCc1ccccc1-c1[c-]c2c(cc1C(C)(C)C)-c1cc(C(C)(C)C)c(-c3ccccc3CCCC)cc1C2.[C-]1=CC=CC1.[Cl-].[Cl-].[Zr+2]=[C](Cc1ccccc1)Cc1ccccc1. The van der Waals surface area contributed by atoms with Gasteiger partial charge in [0.05, 0.1) is 0 Å². The van der Waals surface area contributed by atoms with Crippen LogP contribution in [0.1, 0.15) is 132 Å². The van der Waals surface area contributed by atoms with Crippen molar-refractivity contribution >= 4 is 3.21 Å². The van der Waals surface area contributed by atoms with Gasteiger partial charge in [0.15, 0.2) is 0 Å². The second-order valence-corrected chi connectivity index (χ2v) is 20.9. The standard InChI is InChI=1S/C41H49.C15H14.C5H5.2ClH.Zr/c1-9-11-17-28-19-13-15-21-32(28)36-24-30-23-31-25-37(33-22-16-14-20-29(33)18-12-10-2)39(41(6,7)8)27-35(31)34(30)26-38(36)40(3,4)5;1-3-8-14(9-4-1)12-7-13-15-10-5-2-6-11-15;1-2-4-5-3-1;;;/h13-16,19-22,24,26-27H,9-12,17-18,23H2,1-8H3;1-6,8-11H,12-13H2;1-3H,4H2;2*1H;/q-1;;-1;;;+2/p-2. The summed E-state index contributed by atoms with van der Waals surface area (Å²) in [7, 11) is 0. The Morgan fingerprint density at radius 3 is 1.55 bits per heavy atom. The quantitative estimate of drug-likeness (QED) is 0.107. The van der Waals surface area contributed by atoms with Crippen LogP contribution in [-0.4, -0.2) is 3.21 Å². The molecule has 0 amide bonds. The van der Waals surface area contributed by atoms with Gasteiger partial charge in [0.1, 0.15) is 0 Å². The number of fused-ring (bicyclic) bond motifs is 3. The summed E-state index contributed by atoms with van der Waals surface area (Å²) in [6.45, 7) is 18.7. The fourth-order valence-corrected chi connectivity index (χ4v) is 9.66. The molecule has 6 aromatic carbocycles. The number of benzene rings is 6. The summed E-state index contributed by atoms with van der Waals surface area (Å²) in [6, 6.07) is 51.2. The van der Waals surface area contributed by atoms with E-state index in [1.807, 2.05) is 12.2 Å². The Balaban J connectivity index is 0.000000321. The van der Waals surface area contributed by atoms with Crippen molar-refractivity contribution in [2.75, 3.05) is 0 Å². The van der Waals surface area contributed by atoms with Crippen LogP contribution >= 0.6 is 0 Å². The van der Waals surface area contributed by atoms with Gasteiger partial charge >= 0.3 is 112 Å². The van der Waals surface area contributed by atoms with Crippen molar-refractivity contribution < 1.29 is 49.0 Å². The minimum atomic E-state index is 0. The van der Waals surface area contributed by atoms with Gasteiger partial charge in [-0.3, -0.25) is 6.08 Å². The third-order valence-corrected chi connectivity index (χ3v) is 12.8. The normalized spacial score (nSPS) is 12.2. The zero-order chi connectivity index (χ0) is 44.1. The first kappa shape index (κ1) is 52.8. The first-order chi connectivity index (χ1) is 29.9. The maximum atomic E-state index is 4.04. The zero-order valence-electron chi connectivity index (χ0n) is 39.7. The molecule has 0 fully saturated rings. The Kier molecular flexibility index (Phi) is 20.7. The van der Waals surface area contributed by atoms with Crippen molar-refractivity contribution in [3.05, 3.63) is 202 Å². The number of allylic oxidation sites excluding steroid dienone is 4. The summed E-state index contributed by atoms with van der Waals surface area (Å²) in [4.78, 5) is 0. The molecule has 6 aromatic rings. The van der Waals surface area contributed by atoms with Crippen LogP contribution in [0.5, 0.6) is 0 Å².